The van der Waals surface area contributed by atoms with Gasteiger partial charge >= 0.3 is 0 Å². The van der Waals surface area contributed by atoms with E-state index in [1.165, 1.54) is 11.2 Å². The summed E-state index contributed by atoms with van der Waals surface area (Å²) >= 11 is 3.27. The zero-order valence-electron chi connectivity index (χ0n) is 10.5. The van der Waals surface area contributed by atoms with Gasteiger partial charge in [-0.1, -0.05) is 22.0 Å². The molecule has 1 heterocycles. The average Bonchev–Trinajstić information content (AvgIpc) is 2.77. The van der Waals surface area contributed by atoms with Crippen molar-refractivity contribution in [1.29, 1.82) is 0 Å². The Hall–Kier alpha value is -0.920. The topological polar surface area (TPSA) is 66.5 Å². The van der Waals surface area contributed by atoms with E-state index in [1.807, 2.05) is 0 Å². The summed E-state index contributed by atoms with van der Waals surface area (Å²) in [7, 11) is -3.48. The summed E-state index contributed by atoms with van der Waals surface area (Å²) in [5, 5.41) is 2.75. The molecule has 0 aromatic heterocycles. The van der Waals surface area contributed by atoms with Crippen LogP contribution < -0.4 is 5.32 Å². The van der Waals surface area contributed by atoms with Gasteiger partial charge in [-0.2, -0.15) is 4.31 Å². The zero-order chi connectivity index (χ0) is 14.0. The standard InChI is InChI=1S/C12H15BrN2O3S/c1-9(16)14-11-5-6-15(8-11)19(17,18)12-4-2-3-10(13)7-12/h2-4,7,11H,5-6,8H2,1H3,(H,14,16). The summed E-state index contributed by atoms with van der Waals surface area (Å²) in [6.45, 7) is 2.19. The Bertz CT molecular complexity index is 588. The fourth-order valence-electron chi connectivity index (χ4n) is 2.13. The second-order valence-electron chi connectivity index (χ2n) is 4.51. The van der Waals surface area contributed by atoms with E-state index < -0.39 is 10.0 Å². The monoisotopic (exact) mass is 346 g/mol. The minimum Gasteiger partial charge on any atom is -0.352 e. The summed E-state index contributed by atoms with van der Waals surface area (Å²) in [5.41, 5.74) is 0. The smallest absolute Gasteiger partial charge is 0.243 e. The van der Waals surface area contributed by atoms with E-state index in [1.54, 1.807) is 24.3 Å². The molecule has 19 heavy (non-hydrogen) atoms. The SMILES string of the molecule is CC(=O)NC1CCN(S(=O)(=O)c2cccc(Br)c2)C1. The number of nitrogens with zero attached hydrogens (tertiary/aromatic N) is 1. The Morgan fingerprint density at radius 1 is 1.47 bits per heavy atom. The van der Waals surface area contributed by atoms with Gasteiger partial charge in [0.2, 0.25) is 15.9 Å². The normalized spacial score (nSPS) is 20.4. The van der Waals surface area contributed by atoms with Gasteiger partial charge in [0.1, 0.15) is 0 Å². The largest absolute Gasteiger partial charge is 0.352 e. The number of hydrogen-bond acceptors (Lipinski definition) is 3. The second-order valence-corrected chi connectivity index (χ2v) is 7.36. The van der Waals surface area contributed by atoms with Gasteiger partial charge in [-0.3, -0.25) is 4.79 Å². The van der Waals surface area contributed by atoms with Gasteiger partial charge < -0.3 is 5.32 Å². The van der Waals surface area contributed by atoms with Crippen molar-refractivity contribution in [1.82, 2.24) is 9.62 Å². The van der Waals surface area contributed by atoms with Crippen molar-refractivity contribution in [3.05, 3.63) is 28.7 Å². The Morgan fingerprint density at radius 2 is 2.21 bits per heavy atom. The van der Waals surface area contributed by atoms with Crippen molar-refractivity contribution in [2.45, 2.75) is 24.3 Å². The van der Waals surface area contributed by atoms with Gasteiger partial charge in [0.25, 0.3) is 0 Å². The molecule has 0 spiro atoms. The molecule has 1 aliphatic rings. The van der Waals surface area contributed by atoms with Crippen LogP contribution in [-0.4, -0.2) is 37.8 Å². The minimum atomic E-state index is -3.48. The van der Waals surface area contributed by atoms with Crippen LogP contribution in [0.3, 0.4) is 0 Å². The molecule has 5 nitrogen and oxygen atoms in total. The summed E-state index contributed by atoms with van der Waals surface area (Å²) in [6.07, 6.45) is 0.646. The molecule has 1 aromatic carbocycles. The molecule has 1 fully saturated rings. The third kappa shape index (κ3) is 3.34. The molecule has 7 heteroatoms. The van der Waals surface area contributed by atoms with Crippen LogP contribution in [0.4, 0.5) is 0 Å². The summed E-state index contributed by atoms with van der Waals surface area (Å²) in [6, 6.07) is 6.54. The van der Waals surface area contributed by atoms with Crippen molar-refractivity contribution in [3.8, 4) is 0 Å². The van der Waals surface area contributed by atoms with Gasteiger partial charge in [0.15, 0.2) is 0 Å². The van der Waals surface area contributed by atoms with Crippen LogP contribution in [0.15, 0.2) is 33.6 Å². The van der Waals surface area contributed by atoms with E-state index in [0.29, 0.717) is 19.5 Å². The quantitative estimate of drug-likeness (QED) is 0.898. The highest BCUT2D eigenvalue weighted by Gasteiger charge is 2.32. The van der Waals surface area contributed by atoms with Crippen LogP contribution in [-0.2, 0) is 14.8 Å². The molecule has 1 aliphatic heterocycles. The summed E-state index contributed by atoms with van der Waals surface area (Å²) < 4.78 is 27.0. The molecule has 0 bridgehead atoms. The number of sulfonamides is 1. The molecular formula is C12H15BrN2O3S. The van der Waals surface area contributed by atoms with Gasteiger partial charge in [-0.05, 0) is 24.6 Å². The lowest BCUT2D eigenvalue weighted by atomic mass is 10.3. The first-order valence-corrected chi connectivity index (χ1v) is 8.16. The van der Waals surface area contributed by atoms with E-state index in [4.69, 9.17) is 0 Å². The average molecular weight is 347 g/mol. The zero-order valence-corrected chi connectivity index (χ0v) is 12.9. The number of halogens is 1. The van der Waals surface area contributed by atoms with Gasteiger partial charge in [-0.25, -0.2) is 8.42 Å². The van der Waals surface area contributed by atoms with Gasteiger partial charge in [0, 0.05) is 30.5 Å². The lowest BCUT2D eigenvalue weighted by Crippen LogP contribution is -2.37. The van der Waals surface area contributed by atoms with Crippen molar-refractivity contribution < 1.29 is 13.2 Å². The molecule has 1 N–H and O–H groups in total. The van der Waals surface area contributed by atoms with Gasteiger partial charge in [0.05, 0.1) is 4.90 Å². The molecule has 0 radical (unpaired) electrons. The number of carbonyl (C=O) groups is 1. The maximum absolute atomic E-state index is 12.4. The molecular weight excluding hydrogens is 332 g/mol. The van der Waals surface area contributed by atoms with Crippen LogP contribution in [0.1, 0.15) is 13.3 Å². The maximum Gasteiger partial charge on any atom is 0.243 e. The first-order valence-electron chi connectivity index (χ1n) is 5.92. The molecule has 2 rings (SSSR count). The Labute approximate surface area is 121 Å². The van der Waals surface area contributed by atoms with E-state index in [2.05, 4.69) is 21.2 Å². The van der Waals surface area contributed by atoms with E-state index >= 15 is 0 Å². The lowest BCUT2D eigenvalue weighted by molar-refractivity contribution is -0.119. The highest BCUT2D eigenvalue weighted by atomic mass is 79.9. The predicted octanol–water partition coefficient (Wildman–Crippen LogP) is 1.35. The Morgan fingerprint density at radius 3 is 2.84 bits per heavy atom. The van der Waals surface area contributed by atoms with Crippen LogP contribution in [0.2, 0.25) is 0 Å². The van der Waals surface area contributed by atoms with Crippen LogP contribution in [0.5, 0.6) is 0 Å². The molecule has 104 valence electrons. The number of hydrogen-bond donors (Lipinski definition) is 1. The highest BCUT2D eigenvalue weighted by molar-refractivity contribution is 9.10. The first-order chi connectivity index (χ1) is 8.89. The highest BCUT2D eigenvalue weighted by Crippen LogP contribution is 2.23. The maximum atomic E-state index is 12.4. The fraction of sp³-hybridized carbons (Fsp3) is 0.417. The Balaban J connectivity index is 2.16. The van der Waals surface area contributed by atoms with Crippen molar-refractivity contribution in [2.24, 2.45) is 0 Å². The first kappa shape index (κ1) is 14.5. The molecule has 1 unspecified atom stereocenters. The van der Waals surface area contributed by atoms with Crippen LogP contribution in [0, 0.1) is 0 Å². The van der Waals surface area contributed by atoms with E-state index in [9.17, 15) is 13.2 Å². The van der Waals surface area contributed by atoms with Crippen LogP contribution in [0.25, 0.3) is 0 Å². The predicted molar refractivity (Wildman–Crippen MR) is 75.1 cm³/mol. The molecule has 1 amide bonds. The summed E-state index contributed by atoms with van der Waals surface area (Å²) in [5.74, 6) is -0.133. The van der Waals surface area contributed by atoms with E-state index in [0.717, 1.165) is 4.47 Å². The molecule has 0 aliphatic carbocycles. The summed E-state index contributed by atoms with van der Waals surface area (Å²) in [4.78, 5) is 11.3. The number of carbonyl (C=O) groups excluding carboxylic acids is 1. The second kappa shape index (κ2) is 5.60. The fourth-order valence-corrected chi connectivity index (χ4v) is 4.23. The minimum absolute atomic E-state index is 0.0978. The van der Waals surface area contributed by atoms with E-state index in [-0.39, 0.29) is 16.8 Å². The van der Waals surface area contributed by atoms with Crippen molar-refractivity contribution in [3.63, 3.8) is 0 Å². The lowest BCUT2D eigenvalue weighted by Gasteiger charge is -2.17. The molecule has 1 saturated heterocycles. The molecule has 1 atom stereocenters. The Kier molecular flexibility index (Phi) is 4.27. The number of nitrogens with one attached hydrogen (secondary N) is 1. The number of rotatable bonds is 3. The number of amides is 1. The molecule has 0 saturated carbocycles. The third-order valence-electron chi connectivity index (χ3n) is 2.99. The third-order valence-corrected chi connectivity index (χ3v) is 5.35. The van der Waals surface area contributed by atoms with Crippen molar-refractivity contribution >= 4 is 31.9 Å². The molecule has 1 aromatic rings. The van der Waals surface area contributed by atoms with Crippen LogP contribution >= 0.6 is 15.9 Å². The number of benzene rings is 1. The van der Waals surface area contributed by atoms with Gasteiger partial charge in [-0.15, -0.1) is 0 Å². The van der Waals surface area contributed by atoms with Crippen molar-refractivity contribution in [2.75, 3.05) is 13.1 Å².